The normalized spacial score (nSPS) is 11.3. The molecule has 4 aromatic rings. The molecule has 0 aliphatic heterocycles. The summed E-state index contributed by atoms with van der Waals surface area (Å²) >= 11 is 5.94. The van der Waals surface area contributed by atoms with Gasteiger partial charge in [0.2, 0.25) is 0 Å². The van der Waals surface area contributed by atoms with Gasteiger partial charge in [-0.2, -0.15) is 0 Å². The molecule has 0 saturated heterocycles. The average molecular weight is 384 g/mol. The number of nitrogens with one attached hydrogen (secondary N) is 1. The lowest BCUT2D eigenvalue weighted by molar-refractivity contribution is 0.544. The Morgan fingerprint density at radius 3 is 2.67 bits per heavy atom. The first-order valence-corrected chi connectivity index (χ1v) is 9.14. The lowest BCUT2D eigenvalue weighted by Crippen LogP contribution is -1.97. The van der Waals surface area contributed by atoms with E-state index in [9.17, 15) is 4.39 Å². The molecule has 1 aromatic carbocycles. The van der Waals surface area contributed by atoms with Gasteiger partial charge in [-0.05, 0) is 67.8 Å². The monoisotopic (exact) mass is 383 g/mol. The zero-order chi connectivity index (χ0) is 19.1. The number of aryl methyl sites for hydroxylation is 3. The predicted octanol–water partition coefficient (Wildman–Crippen LogP) is 6.31. The summed E-state index contributed by atoms with van der Waals surface area (Å²) in [5.74, 6) is 1.82. The molecule has 4 nitrogen and oxygen atoms in total. The third kappa shape index (κ3) is 3.19. The summed E-state index contributed by atoms with van der Waals surface area (Å²) in [6, 6.07) is 10.6. The third-order valence-corrected chi connectivity index (χ3v) is 4.97. The van der Waals surface area contributed by atoms with Crippen LogP contribution in [-0.4, -0.2) is 9.38 Å². The van der Waals surface area contributed by atoms with Crippen LogP contribution in [0.2, 0.25) is 5.02 Å². The number of rotatable bonds is 4. The van der Waals surface area contributed by atoms with E-state index in [0.717, 1.165) is 29.2 Å². The minimum Gasteiger partial charge on any atom is -0.459 e. The number of nitrogens with zero attached hydrogens (tertiary/aromatic N) is 2. The number of benzene rings is 1. The first-order valence-electron chi connectivity index (χ1n) is 8.76. The topological polar surface area (TPSA) is 42.5 Å². The van der Waals surface area contributed by atoms with Crippen LogP contribution in [0.25, 0.3) is 17.1 Å². The maximum Gasteiger partial charge on any atom is 0.156 e. The Labute approximate surface area is 161 Å². The highest BCUT2D eigenvalue weighted by molar-refractivity contribution is 6.31. The SMILES string of the molecule is CCc1ccn2c(Nc3ccc(F)c(Cl)c3)c(-c3cc(C)c(C)o3)nc2c1. The van der Waals surface area contributed by atoms with Crippen molar-refractivity contribution in [3.63, 3.8) is 0 Å². The van der Waals surface area contributed by atoms with E-state index in [1.54, 1.807) is 12.1 Å². The lowest BCUT2D eigenvalue weighted by atomic mass is 10.2. The van der Waals surface area contributed by atoms with Crippen LogP contribution in [0.5, 0.6) is 0 Å². The fourth-order valence-electron chi connectivity index (χ4n) is 3.00. The highest BCUT2D eigenvalue weighted by Gasteiger charge is 2.19. The molecule has 0 unspecified atom stereocenters. The molecule has 1 N–H and O–H groups in total. The number of hydrogen-bond acceptors (Lipinski definition) is 3. The zero-order valence-electron chi connectivity index (χ0n) is 15.3. The standard InChI is InChI=1S/C21H19ClFN3O/c1-4-14-7-8-26-19(10-14)25-20(18-9-12(2)13(3)27-18)21(26)24-15-5-6-17(23)16(22)11-15/h5-11,24H,4H2,1-3H3. The van der Waals surface area contributed by atoms with E-state index in [1.165, 1.54) is 11.6 Å². The molecule has 27 heavy (non-hydrogen) atoms. The van der Waals surface area contributed by atoms with Crippen LogP contribution in [-0.2, 0) is 6.42 Å². The molecule has 0 spiro atoms. The molecule has 0 amide bonds. The van der Waals surface area contributed by atoms with E-state index in [-0.39, 0.29) is 5.02 Å². The Kier molecular flexibility index (Phi) is 4.40. The molecule has 0 aliphatic carbocycles. The smallest absolute Gasteiger partial charge is 0.156 e. The quantitative estimate of drug-likeness (QED) is 0.449. The van der Waals surface area contributed by atoms with E-state index in [2.05, 4.69) is 24.4 Å². The van der Waals surface area contributed by atoms with Crippen molar-refractivity contribution in [2.24, 2.45) is 0 Å². The Morgan fingerprint density at radius 2 is 2.00 bits per heavy atom. The molecule has 0 bridgehead atoms. The van der Waals surface area contributed by atoms with E-state index in [4.69, 9.17) is 21.0 Å². The fourth-order valence-corrected chi connectivity index (χ4v) is 3.18. The van der Waals surface area contributed by atoms with Crippen molar-refractivity contribution in [1.82, 2.24) is 9.38 Å². The Hall–Kier alpha value is -2.79. The number of halogens is 2. The molecule has 3 aromatic heterocycles. The highest BCUT2D eigenvalue weighted by atomic mass is 35.5. The van der Waals surface area contributed by atoms with Gasteiger partial charge in [-0.15, -0.1) is 0 Å². The number of furan rings is 1. The maximum atomic E-state index is 13.5. The van der Waals surface area contributed by atoms with Crippen molar-refractivity contribution < 1.29 is 8.81 Å². The van der Waals surface area contributed by atoms with Gasteiger partial charge < -0.3 is 9.73 Å². The number of aromatic nitrogens is 2. The Bertz CT molecular complexity index is 1130. The van der Waals surface area contributed by atoms with Crippen LogP contribution in [0, 0.1) is 19.7 Å². The minimum absolute atomic E-state index is 0.0633. The minimum atomic E-state index is -0.453. The predicted molar refractivity (Wildman–Crippen MR) is 106 cm³/mol. The summed E-state index contributed by atoms with van der Waals surface area (Å²) in [6.07, 6.45) is 2.90. The molecule has 6 heteroatoms. The molecule has 3 heterocycles. The van der Waals surface area contributed by atoms with Crippen LogP contribution >= 0.6 is 11.6 Å². The largest absolute Gasteiger partial charge is 0.459 e. The van der Waals surface area contributed by atoms with Gasteiger partial charge in [0.15, 0.2) is 5.76 Å². The summed E-state index contributed by atoms with van der Waals surface area (Å²) in [5.41, 5.74) is 4.44. The fraction of sp³-hybridized carbons (Fsp3) is 0.190. The number of anilines is 2. The Morgan fingerprint density at radius 1 is 1.19 bits per heavy atom. The highest BCUT2D eigenvalue weighted by Crippen LogP contribution is 2.34. The lowest BCUT2D eigenvalue weighted by Gasteiger charge is -2.09. The molecule has 0 atom stereocenters. The molecule has 0 radical (unpaired) electrons. The first kappa shape index (κ1) is 17.6. The zero-order valence-corrected chi connectivity index (χ0v) is 16.1. The van der Waals surface area contributed by atoms with E-state index in [1.807, 2.05) is 30.5 Å². The average Bonchev–Trinajstić information content (AvgIpc) is 3.18. The van der Waals surface area contributed by atoms with E-state index < -0.39 is 5.82 Å². The molecule has 0 saturated carbocycles. The first-order chi connectivity index (χ1) is 13.0. The summed E-state index contributed by atoms with van der Waals surface area (Å²) in [4.78, 5) is 4.78. The van der Waals surface area contributed by atoms with Crippen LogP contribution in [0.15, 0.2) is 47.0 Å². The maximum absolute atomic E-state index is 13.5. The van der Waals surface area contributed by atoms with Gasteiger partial charge >= 0.3 is 0 Å². The van der Waals surface area contributed by atoms with Crippen molar-refractivity contribution in [3.8, 4) is 11.5 Å². The van der Waals surface area contributed by atoms with Crippen molar-refractivity contribution in [3.05, 3.63) is 70.3 Å². The summed E-state index contributed by atoms with van der Waals surface area (Å²) in [7, 11) is 0. The van der Waals surface area contributed by atoms with Gasteiger partial charge in [-0.1, -0.05) is 18.5 Å². The van der Waals surface area contributed by atoms with Crippen molar-refractivity contribution in [1.29, 1.82) is 0 Å². The molecule has 138 valence electrons. The molecular weight excluding hydrogens is 365 g/mol. The summed E-state index contributed by atoms with van der Waals surface area (Å²) < 4.78 is 21.4. The molecule has 0 fully saturated rings. The number of hydrogen-bond donors (Lipinski definition) is 1. The van der Waals surface area contributed by atoms with Crippen molar-refractivity contribution >= 4 is 28.8 Å². The Balaban J connectivity index is 1.89. The van der Waals surface area contributed by atoms with E-state index in [0.29, 0.717) is 17.1 Å². The summed E-state index contributed by atoms with van der Waals surface area (Å²) in [6.45, 7) is 6.03. The number of imidazole rings is 1. The summed E-state index contributed by atoms with van der Waals surface area (Å²) in [5, 5.41) is 3.38. The molecular formula is C21H19ClFN3O. The van der Waals surface area contributed by atoms with Crippen molar-refractivity contribution in [2.75, 3.05) is 5.32 Å². The van der Waals surface area contributed by atoms with Crippen LogP contribution in [0.3, 0.4) is 0 Å². The van der Waals surface area contributed by atoms with Gasteiger partial charge in [-0.25, -0.2) is 9.37 Å². The second-order valence-corrected chi connectivity index (χ2v) is 6.94. The molecule has 4 rings (SSSR count). The third-order valence-electron chi connectivity index (χ3n) is 4.68. The van der Waals surface area contributed by atoms with Crippen molar-refractivity contribution in [2.45, 2.75) is 27.2 Å². The second kappa shape index (κ2) is 6.74. The van der Waals surface area contributed by atoms with Gasteiger partial charge in [0.25, 0.3) is 0 Å². The number of pyridine rings is 1. The van der Waals surface area contributed by atoms with Gasteiger partial charge in [0.1, 0.15) is 28.7 Å². The van der Waals surface area contributed by atoms with Crippen LogP contribution in [0.1, 0.15) is 23.8 Å². The van der Waals surface area contributed by atoms with Gasteiger partial charge in [0, 0.05) is 11.9 Å². The van der Waals surface area contributed by atoms with Crippen LogP contribution in [0.4, 0.5) is 15.9 Å². The van der Waals surface area contributed by atoms with Crippen LogP contribution < -0.4 is 5.32 Å². The van der Waals surface area contributed by atoms with Gasteiger partial charge in [-0.3, -0.25) is 4.40 Å². The van der Waals surface area contributed by atoms with Gasteiger partial charge in [0.05, 0.1) is 5.02 Å². The molecule has 0 aliphatic rings. The number of fused-ring (bicyclic) bond motifs is 1. The van der Waals surface area contributed by atoms with E-state index >= 15 is 0 Å². The second-order valence-electron chi connectivity index (χ2n) is 6.53.